The lowest BCUT2D eigenvalue weighted by Gasteiger charge is -2.16. The van der Waals surface area contributed by atoms with Crippen LogP contribution in [0.1, 0.15) is 24.2 Å². The molecule has 0 atom stereocenters. The maximum Gasteiger partial charge on any atom is 0.225 e. The molecule has 0 unspecified atom stereocenters. The van der Waals surface area contributed by atoms with Crippen molar-refractivity contribution in [3.63, 3.8) is 0 Å². The fraction of sp³-hybridized carbons (Fsp3) is 0.333. The van der Waals surface area contributed by atoms with Crippen LogP contribution in [0.3, 0.4) is 0 Å². The number of benzene rings is 2. The maximum atomic E-state index is 12.5. The summed E-state index contributed by atoms with van der Waals surface area (Å²) in [4.78, 5) is 14.6. The summed E-state index contributed by atoms with van der Waals surface area (Å²) in [6.07, 6.45) is 1.35. The van der Waals surface area contributed by atoms with Crippen molar-refractivity contribution >= 4 is 11.6 Å². The van der Waals surface area contributed by atoms with Crippen molar-refractivity contribution in [1.29, 1.82) is 0 Å². The fourth-order valence-electron chi connectivity index (χ4n) is 3.29. The molecule has 6 nitrogen and oxygen atoms in total. The molecule has 0 saturated heterocycles. The number of carbonyl (C=O) groups excluding carboxylic acids is 1. The van der Waals surface area contributed by atoms with Crippen molar-refractivity contribution in [3.05, 3.63) is 72.1 Å². The minimum atomic E-state index is 0.00111. The van der Waals surface area contributed by atoms with E-state index in [0.29, 0.717) is 19.6 Å². The van der Waals surface area contributed by atoms with Gasteiger partial charge in [-0.15, -0.1) is 0 Å². The first-order valence-electron chi connectivity index (χ1n) is 10.3. The van der Waals surface area contributed by atoms with Crippen LogP contribution in [0, 0.1) is 13.8 Å². The zero-order valence-corrected chi connectivity index (χ0v) is 18.0. The normalized spacial score (nSPS) is 10.9. The Balaban J connectivity index is 1.43. The lowest BCUT2D eigenvalue weighted by atomic mass is 10.2. The van der Waals surface area contributed by atoms with Gasteiger partial charge in [0.1, 0.15) is 5.75 Å². The summed E-state index contributed by atoms with van der Waals surface area (Å²) in [5, 5.41) is 7.62. The van der Waals surface area contributed by atoms with Crippen molar-refractivity contribution in [2.45, 2.75) is 26.7 Å². The van der Waals surface area contributed by atoms with Gasteiger partial charge in [0, 0.05) is 19.5 Å². The van der Waals surface area contributed by atoms with E-state index in [4.69, 9.17) is 4.74 Å². The Morgan fingerprint density at radius 3 is 2.40 bits per heavy atom. The van der Waals surface area contributed by atoms with Crippen LogP contribution in [-0.4, -0.2) is 47.3 Å². The Kier molecular flexibility index (Phi) is 7.63. The van der Waals surface area contributed by atoms with Crippen molar-refractivity contribution in [3.8, 4) is 11.4 Å². The first-order valence-corrected chi connectivity index (χ1v) is 10.3. The van der Waals surface area contributed by atoms with Crippen molar-refractivity contribution in [1.82, 2.24) is 14.7 Å². The standard InChI is InChI=1S/C24H30N4O2/c1-19-24(20(2)28(26-19)21-11-6-4-7-12-21)25-23(29)15-17-27(3)16-10-18-30-22-13-8-5-9-14-22/h4-9,11-14H,10,15-18H2,1-3H3,(H,25,29). The number of rotatable bonds is 10. The number of aromatic nitrogens is 2. The number of nitrogens with zero attached hydrogens (tertiary/aromatic N) is 3. The van der Waals surface area contributed by atoms with Crippen molar-refractivity contribution < 1.29 is 9.53 Å². The smallest absolute Gasteiger partial charge is 0.225 e. The van der Waals surface area contributed by atoms with Crippen molar-refractivity contribution in [2.24, 2.45) is 0 Å². The van der Waals surface area contributed by atoms with Crippen LogP contribution in [0.25, 0.3) is 5.69 Å². The summed E-state index contributed by atoms with van der Waals surface area (Å²) < 4.78 is 7.58. The van der Waals surface area contributed by atoms with Crippen LogP contribution in [0.4, 0.5) is 5.69 Å². The predicted molar refractivity (Wildman–Crippen MR) is 120 cm³/mol. The average molecular weight is 407 g/mol. The molecular formula is C24H30N4O2. The third-order valence-electron chi connectivity index (χ3n) is 4.97. The van der Waals surface area contributed by atoms with Gasteiger partial charge in [-0.2, -0.15) is 5.10 Å². The Morgan fingerprint density at radius 2 is 1.70 bits per heavy atom. The number of amides is 1. The molecule has 30 heavy (non-hydrogen) atoms. The highest BCUT2D eigenvalue weighted by atomic mass is 16.5. The van der Waals surface area contributed by atoms with Gasteiger partial charge in [-0.25, -0.2) is 4.68 Å². The molecule has 6 heteroatoms. The van der Waals surface area contributed by atoms with E-state index in [9.17, 15) is 4.79 Å². The minimum Gasteiger partial charge on any atom is -0.494 e. The Hall–Kier alpha value is -3.12. The number of ether oxygens (including phenoxy) is 1. The fourth-order valence-corrected chi connectivity index (χ4v) is 3.29. The molecule has 1 heterocycles. The van der Waals surface area contributed by atoms with Crippen LogP contribution >= 0.6 is 0 Å². The van der Waals surface area contributed by atoms with Crippen LogP contribution in [0.2, 0.25) is 0 Å². The quantitative estimate of drug-likeness (QED) is 0.512. The van der Waals surface area contributed by atoms with Crippen molar-refractivity contribution in [2.75, 3.05) is 32.1 Å². The molecule has 1 N–H and O–H groups in total. The Labute approximate surface area is 178 Å². The third kappa shape index (κ3) is 5.94. The van der Waals surface area contributed by atoms with Crippen LogP contribution in [-0.2, 0) is 4.79 Å². The number of anilines is 1. The van der Waals surface area contributed by atoms with Gasteiger partial charge in [-0.1, -0.05) is 36.4 Å². The summed E-state index contributed by atoms with van der Waals surface area (Å²) in [6, 6.07) is 19.7. The highest BCUT2D eigenvalue weighted by Gasteiger charge is 2.15. The molecule has 0 radical (unpaired) electrons. The first-order chi connectivity index (χ1) is 14.5. The second-order valence-electron chi connectivity index (χ2n) is 7.41. The summed E-state index contributed by atoms with van der Waals surface area (Å²) in [6.45, 7) is 6.13. The number of hydrogen-bond acceptors (Lipinski definition) is 4. The van der Waals surface area contributed by atoms with E-state index in [-0.39, 0.29) is 5.91 Å². The van der Waals surface area contributed by atoms with E-state index < -0.39 is 0 Å². The predicted octanol–water partition coefficient (Wildman–Crippen LogP) is 4.22. The third-order valence-corrected chi connectivity index (χ3v) is 4.97. The molecule has 0 aliphatic heterocycles. The van der Waals surface area contributed by atoms with E-state index in [0.717, 1.165) is 41.5 Å². The molecule has 3 rings (SSSR count). The van der Waals surface area contributed by atoms with Gasteiger partial charge in [0.25, 0.3) is 0 Å². The van der Waals surface area contributed by atoms with Gasteiger partial charge in [-0.3, -0.25) is 4.79 Å². The molecule has 0 spiro atoms. The van der Waals surface area contributed by atoms with E-state index in [1.165, 1.54) is 0 Å². The minimum absolute atomic E-state index is 0.00111. The average Bonchev–Trinajstić information content (AvgIpc) is 3.05. The number of carbonyl (C=O) groups is 1. The van der Waals surface area contributed by atoms with Gasteiger partial charge in [-0.05, 0) is 51.6 Å². The van der Waals surface area contributed by atoms with Gasteiger partial charge >= 0.3 is 0 Å². The molecular weight excluding hydrogens is 376 g/mol. The van der Waals surface area contributed by atoms with E-state index in [2.05, 4.69) is 15.3 Å². The van der Waals surface area contributed by atoms with Crippen LogP contribution in [0.15, 0.2) is 60.7 Å². The first kappa shape index (κ1) is 21.6. The van der Waals surface area contributed by atoms with Gasteiger partial charge in [0.05, 0.1) is 29.4 Å². The second kappa shape index (κ2) is 10.6. The number of nitrogens with one attached hydrogen (secondary N) is 1. The molecule has 0 aliphatic rings. The van der Waals surface area contributed by atoms with Gasteiger partial charge in [0.15, 0.2) is 0 Å². The maximum absolute atomic E-state index is 12.5. The van der Waals surface area contributed by atoms with E-state index >= 15 is 0 Å². The molecule has 1 aromatic heterocycles. The zero-order valence-electron chi connectivity index (χ0n) is 18.0. The molecule has 0 aliphatic carbocycles. The summed E-state index contributed by atoms with van der Waals surface area (Å²) in [7, 11) is 2.03. The summed E-state index contributed by atoms with van der Waals surface area (Å²) >= 11 is 0. The van der Waals surface area contributed by atoms with E-state index in [1.807, 2.05) is 86.2 Å². The summed E-state index contributed by atoms with van der Waals surface area (Å²) in [5.41, 5.74) is 3.52. The second-order valence-corrected chi connectivity index (χ2v) is 7.41. The molecule has 3 aromatic rings. The largest absolute Gasteiger partial charge is 0.494 e. The van der Waals surface area contributed by atoms with Gasteiger partial charge in [0.2, 0.25) is 5.91 Å². The number of hydrogen-bond donors (Lipinski definition) is 1. The van der Waals surface area contributed by atoms with Gasteiger partial charge < -0.3 is 15.0 Å². The summed E-state index contributed by atoms with van der Waals surface area (Å²) in [5.74, 6) is 0.891. The van der Waals surface area contributed by atoms with E-state index in [1.54, 1.807) is 0 Å². The monoisotopic (exact) mass is 406 g/mol. The highest BCUT2D eigenvalue weighted by molar-refractivity contribution is 5.92. The Bertz CT molecular complexity index is 939. The lowest BCUT2D eigenvalue weighted by Crippen LogP contribution is -2.26. The number of para-hydroxylation sites is 2. The highest BCUT2D eigenvalue weighted by Crippen LogP contribution is 2.22. The Morgan fingerprint density at radius 1 is 1.03 bits per heavy atom. The molecule has 0 bridgehead atoms. The SMILES string of the molecule is Cc1nn(-c2ccccc2)c(C)c1NC(=O)CCN(C)CCCOc1ccccc1. The molecule has 158 valence electrons. The van der Waals surface area contributed by atoms with Crippen LogP contribution < -0.4 is 10.1 Å². The zero-order chi connectivity index (χ0) is 21.3. The van der Waals surface area contributed by atoms with Crippen LogP contribution in [0.5, 0.6) is 5.75 Å². The molecule has 0 fully saturated rings. The molecule has 2 aromatic carbocycles. The number of aryl methyl sites for hydroxylation is 1. The molecule has 1 amide bonds. The molecule has 0 saturated carbocycles. The lowest BCUT2D eigenvalue weighted by molar-refractivity contribution is -0.116. The topological polar surface area (TPSA) is 59.4 Å².